The minimum absolute atomic E-state index is 0.120. The molecule has 1 amide bonds. The summed E-state index contributed by atoms with van der Waals surface area (Å²) in [4.78, 5) is 12.8. The first-order valence-corrected chi connectivity index (χ1v) is 9.10. The summed E-state index contributed by atoms with van der Waals surface area (Å²) < 4.78 is 0. The van der Waals surface area contributed by atoms with Crippen molar-refractivity contribution in [2.45, 2.75) is 73.8 Å². The van der Waals surface area contributed by atoms with Crippen LogP contribution in [0.1, 0.15) is 67.7 Å². The molecule has 0 aliphatic heterocycles. The predicted molar refractivity (Wildman–Crippen MR) is 93.5 cm³/mol. The fraction of sp³-hybridized carbons (Fsp3) is 0.850. The van der Waals surface area contributed by atoms with Crippen LogP contribution in [0.15, 0.2) is 11.6 Å². The van der Waals surface area contributed by atoms with Crippen LogP contribution in [-0.4, -0.2) is 11.9 Å². The zero-order chi connectivity index (χ0) is 16.7. The van der Waals surface area contributed by atoms with Crippen molar-refractivity contribution in [2.75, 3.05) is 0 Å². The molecule has 2 saturated carbocycles. The topological polar surface area (TPSA) is 29.1 Å². The summed E-state index contributed by atoms with van der Waals surface area (Å²) in [6.45, 7) is 15.6. The van der Waals surface area contributed by atoms with Crippen molar-refractivity contribution in [1.29, 1.82) is 0 Å². The molecule has 5 atom stereocenters. The number of carbonyl (C=O) groups is 1. The van der Waals surface area contributed by atoms with Gasteiger partial charge in [-0.05, 0) is 55.8 Å². The molecule has 0 bridgehead atoms. The van der Waals surface area contributed by atoms with Gasteiger partial charge in [-0.1, -0.05) is 52.7 Å². The Morgan fingerprint density at radius 2 is 1.86 bits per heavy atom. The SMILES string of the molecule is CC(C)=C[C@H]1[C@H](C(=O)N[C@@H]2C[C@@H](C)CC[C@@H]2C(C)C)C1(C)C. The summed E-state index contributed by atoms with van der Waals surface area (Å²) in [6, 6.07) is 0.375. The van der Waals surface area contributed by atoms with E-state index in [9.17, 15) is 4.79 Å². The maximum atomic E-state index is 12.8. The van der Waals surface area contributed by atoms with Crippen molar-refractivity contribution < 1.29 is 4.79 Å². The molecule has 22 heavy (non-hydrogen) atoms. The van der Waals surface area contributed by atoms with Crippen LogP contribution < -0.4 is 5.32 Å². The molecule has 2 nitrogen and oxygen atoms in total. The average Bonchev–Trinajstić information content (AvgIpc) is 2.89. The van der Waals surface area contributed by atoms with E-state index in [2.05, 4.69) is 59.9 Å². The zero-order valence-corrected chi connectivity index (χ0v) is 15.6. The van der Waals surface area contributed by atoms with E-state index in [1.54, 1.807) is 0 Å². The molecule has 0 aromatic heterocycles. The van der Waals surface area contributed by atoms with Gasteiger partial charge in [0.2, 0.25) is 5.91 Å². The molecule has 0 saturated heterocycles. The maximum Gasteiger partial charge on any atom is 0.224 e. The van der Waals surface area contributed by atoms with E-state index < -0.39 is 0 Å². The number of amides is 1. The summed E-state index contributed by atoms with van der Waals surface area (Å²) in [7, 11) is 0. The number of hydrogen-bond acceptors (Lipinski definition) is 1. The first-order valence-electron chi connectivity index (χ1n) is 9.10. The Bertz CT molecular complexity index is 445. The molecule has 0 heterocycles. The van der Waals surface area contributed by atoms with Gasteiger partial charge in [-0.15, -0.1) is 0 Å². The van der Waals surface area contributed by atoms with E-state index in [4.69, 9.17) is 0 Å². The number of rotatable bonds is 4. The Morgan fingerprint density at radius 1 is 1.23 bits per heavy atom. The third-order valence-electron chi connectivity index (χ3n) is 6.06. The van der Waals surface area contributed by atoms with E-state index in [0.29, 0.717) is 23.8 Å². The van der Waals surface area contributed by atoms with Crippen LogP contribution in [0.2, 0.25) is 0 Å². The van der Waals surface area contributed by atoms with Crippen LogP contribution in [0.4, 0.5) is 0 Å². The Kier molecular flexibility index (Phi) is 5.09. The molecule has 2 heteroatoms. The minimum atomic E-state index is 0.120. The highest BCUT2D eigenvalue weighted by Crippen LogP contribution is 2.59. The third-order valence-corrected chi connectivity index (χ3v) is 6.06. The summed E-state index contributed by atoms with van der Waals surface area (Å²) in [6.07, 6.45) is 6.00. The first kappa shape index (κ1) is 17.6. The maximum absolute atomic E-state index is 12.8. The molecule has 0 aromatic rings. The largest absolute Gasteiger partial charge is 0.353 e. The second-order valence-electron chi connectivity index (χ2n) is 9.01. The molecule has 2 fully saturated rings. The highest BCUT2D eigenvalue weighted by atomic mass is 16.2. The Hall–Kier alpha value is -0.790. The van der Waals surface area contributed by atoms with Gasteiger partial charge in [-0.3, -0.25) is 4.79 Å². The van der Waals surface area contributed by atoms with Gasteiger partial charge in [0.25, 0.3) is 0 Å². The van der Waals surface area contributed by atoms with Gasteiger partial charge in [0.05, 0.1) is 5.92 Å². The number of allylic oxidation sites excluding steroid dienone is 2. The van der Waals surface area contributed by atoms with E-state index in [-0.39, 0.29) is 17.2 Å². The highest BCUT2D eigenvalue weighted by molar-refractivity contribution is 5.84. The third kappa shape index (κ3) is 3.58. The second kappa shape index (κ2) is 6.37. The molecule has 0 spiro atoms. The normalized spacial score (nSPS) is 36.8. The molecular formula is C20H35NO. The highest BCUT2D eigenvalue weighted by Gasteiger charge is 2.60. The lowest BCUT2D eigenvalue weighted by atomic mass is 9.74. The van der Waals surface area contributed by atoms with Crippen LogP contribution in [0, 0.1) is 35.0 Å². The fourth-order valence-electron chi connectivity index (χ4n) is 4.49. The van der Waals surface area contributed by atoms with Gasteiger partial charge >= 0.3 is 0 Å². The van der Waals surface area contributed by atoms with Crippen molar-refractivity contribution >= 4 is 5.91 Å². The predicted octanol–water partition coefficient (Wildman–Crippen LogP) is 4.80. The fourth-order valence-corrected chi connectivity index (χ4v) is 4.49. The van der Waals surface area contributed by atoms with E-state index in [0.717, 1.165) is 12.3 Å². The molecule has 2 rings (SSSR count). The Balaban J connectivity index is 2.03. The summed E-state index contributed by atoms with van der Waals surface area (Å²) in [5, 5.41) is 3.43. The number of hydrogen-bond donors (Lipinski definition) is 1. The Labute approximate surface area is 137 Å². The molecule has 2 aliphatic rings. The number of carbonyl (C=O) groups excluding carboxylic acids is 1. The number of nitrogens with one attached hydrogen (secondary N) is 1. The van der Waals surface area contributed by atoms with Crippen LogP contribution in [0.3, 0.4) is 0 Å². The van der Waals surface area contributed by atoms with Gasteiger partial charge in [0.15, 0.2) is 0 Å². The van der Waals surface area contributed by atoms with Gasteiger partial charge in [-0.25, -0.2) is 0 Å². The molecule has 0 radical (unpaired) electrons. The van der Waals surface area contributed by atoms with Crippen LogP contribution in [0.5, 0.6) is 0 Å². The average molecular weight is 306 g/mol. The second-order valence-corrected chi connectivity index (χ2v) is 9.01. The van der Waals surface area contributed by atoms with Crippen molar-refractivity contribution in [2.24, 2.45) is 35.0 Å². The lowest BCUT2D eigenvalue weighted by molar-refractivity contribution is -0.124. The van der Waals surface area contributed by atoms with Crippen molar-refractivity contribution in [3.63, 3.8) is 0 Å². The lowest BCUT2D eigenvalue weighted by Crippen LogP contribution is -2.46. The Morgan fingerprint density at radius 3 is 2.41 bits per heavy atom. The summed E-state index contributed by atoms with van der Waals surface area (Å²) >= 11 is 0. The van der Waals surface area contributed by atoms with E-state index in [1.807, 2.05) is 0 Å². The minimum Gasteiger partial charge on any atom is -0.353 e. The van der Waals surface area contributed by atoms with Crippen LogP contribution >= 0.6 is 0 Å². The molecule has 0 aromatic carbocycles. The molecule has 126 valence electrons. The molecule has 0 unspecified atom stereocenters. The van der Waals surface area contributed by atoms with Crippen LogP contribution in [-0.2, 0) is 4.79 Å². The zero-order valence-electron chi connectivity index (χ0n) is 15.6. The van der Waals surface area contributed by atoms with Crippen molar-refractivity contribution in [1.82, 2.24) is 5.32 Å². The smallest absolute Gasteiger partial charge is 0.224 e. The van der Waals surface area contributed by atoms with Crippen LogP contribution in [0.25, 0.3) is 0 Å². The summed E-state index contributed by atoms with van der Waals surface area (Å²) in [5.41, 5.74) is 1.44. The standard InChI is InChI=1S/C20H35NO/c1-12(2)10-16-18(20(16,6)7)19(22)21-17-11-14(5)8-9-15(17)13(3)4/h10,13-18H,8-9,11H2,1-7H3,(H,21,22)/t14-,15+,16-,17+,18+/m0/s1. The van der Waals surface area contributed by atoms with Crippen molar-refractivity contribution in [3.8, 4) is 0 Å². The van der Waals surface area contributed by atoms with Gasteiger partial charge < -0.3 is 5.32 Å². The molecule has 2 aliphatic carbocycles. The lowest BCUT2D eigenvalue weighted by Gasteiger charge is -2.38. The van der Waals surface area contributed by atoms with Gasteiger partial charge in [0.1, 0.15) is 0 Å². The van der Waals surface area contributed by atoms with Gasteiger partial charge in [0, 0.05) is 6.04 Å². The monoisotopic (exact) mass is 305 g/mol. The molecular weight excluding hydrogens is 270 g/mol. The molecule has 1 N–H and O–H groups in total. The van der Waals surface area contributed by atoms with E-state index >= 15 is 0 Å². The first-order chi connectivity index (χ1) is 10.1. The van der Waals surface area contributed by atoms with Crippen molar-refractivity contribution in [3.05, 3.63) is 11.6 Å². The quantitative estimate of drug-likeness (QED) is 0.743. The summed E-state index contributed by atoms with van der Waals surface area (Å²) in [5.74, 6) is 2.89. The van der Waals surface area contributed by atoms with Gasteiger partial charge in [-0.2, -0.15) is 0 Å². The van der Waals surface area contributed by atoms with E-state index in [1.165, 1.54) is 18.4 Å².